The van der Waals surface area contributed by atoms with Crippen molar-refractivity contribution < 1.29 is 41.7 Å². The second kappa shape index (κ2) is 9.37. The molecule has 10 heteroatoms. The topological polar surface area (TPSA) is 74.3 Å². The summed E-state index contributed by atoms with van der Waals surface area (Å²) in [4.78, 5) is 26.7. The lowest BCUT2D eigenvalue weighted by Gasteiger charge is -2.30. The van der Waals surface area contributed by atoms with Gasteiger partial charge in [-0.25, -0.2) is 4.79 Å². The van der Waals surface area contributed by atoms with E-state index in [0.717, 1.165) is 12.7 Å². The maximum Gasteiger partial charge on any atom is 0.422 e. The van der Waals surface area contributed by atoms with Crippen molar-refractivity contribution >= 4 is 11.9 Å². The second-order valence-electron chi connectivity index (χ2n) is 7.09. The highest BCUT2D eigenvalue weighted by atomic mass is 19.4. The molecule has 1 amide bonds. The van der Waals surface area contributed by atoms with Gasteiger partial charge in [-0.3, -0.25) is 4.79 Å². The molecular formula is C22H22F3NO6. The average molecular weight is 453 g/mol. The van der Waals surface area contributed by atoms with Crippen LogP contribution in [0.4, 0.5) is 13.2 Å². The predicted molar refractivity (Wildman–Crippen MR) is 107 cm³/mol. The highest BCUT2D eigenvalue weighted by Gasteiger charge is 2.32. The Labute approximate surface area is 182 Å². The van der Waals surface area contributed by atoms with Crippen molar-refractivity contribution in [2.24, 2.45) is 0 Å². The van der Waals surface area contributed by atoms with Gasteiger partial charge in [0.25, 0.3) is 5.91 Å². The van der Waals surface area contributed by atoms with Gasteiger partial charge in [-0.15, -0.1) is 0 Å². The molecule has 0 saturated carbocycles. The van der Waals surface area contributed by atoms with E-state index in [0.29, 0.717) is 17.1 Å². The van der Waals surface area contributed by atoms with Gasteiger partial charge in [-0.2, -0.15) is 13.2 Å². The van der Waals surface area contributed by atoms with E-state index in [1.165, 1.54) is 31.3 Å². The van der Waals surface area contributed by atoms with Crippen molar-refractivity contribution in [3.63, 3.8) is 0 Å². The van der Waals surface area contributed by atoms with Crippen LogP contribution in [0, 0.1) is 0 Å². The SMILES string of the molecule is COC(=O)c1cc(OCC(F)(F)F)c2c(c1)C(=O)N(Cc1cc(OC)cc(OC)c1)CC2. The van der Waals surface area contributed by atoms with Crippen molar-refractivity contribution in [1.29, 1.82) is 0 Å². The third kappa shape index (κ3) is 5.24. The van der Waals surface area contributed by atoms with Crippen LogP contribution in [0.5, 0.6) is 17.2 Å². The standard InChI is InChI=1S/C22H22F3NO6/c1-29-15-6-13(7-16(10-15)30-2)11-26-5-4-17-18(20(26)27)8-14(21(28)31-3)9-19(17)32-12-22(23,24)25/h6-10H,4-5,11-12H2,1-3H3. The predicted octanol–water partition coefficient (Wildman–Crippen LogP) is 3.63. The van der Waals surface area contributed by atoms with Gasteiger partial charge in [0.1, 0.15) is 17.2 Å². The van der Waals surface area contributed by atoms with Crippen molar-refractivity contribution in [3.8, 4) is 17.2 Å². The van der Waals surface area contributed by atoms with Crippen LogP contribution in [-0.2, 0) is 17.7 Å². The molecule has 1 aliphatic rings. The Morgan fingerprint density at radius 2 is 1.69 bits per heavy atom. The van der Waals surface area contributed by atoms with Crippen LogP contribution in [0.2, 0.25) is 0 Å². The van der Waals surface area contributed by atoms with Crippen molar-refractivity contribution in [2.45, 2.75) is 19.1 Å². The maximum absolute atomic E-state index is 13.2. The lowest BCUT2D eigenvalue weighted by Crippen LogP contribution is -2.37. The summed E-state index contributed by atoms with van der Waals surface area (Å²) in [6.07, 6.45) is -4.30. The number of benzene rings is 2. The lowest BCUT2D eigenvalue weighted by molar-refractivity contribution is -0.153. The van der Waals surface area contributed by atoms with E-state index in [9.17, 15) is 22.8 Å². The first-order chi connectivity index (χ1) is 15.1. The molecule has 0 N–H and O–H groups in total. The van der Waals surface area contributed by atoms with Crippen LogP contribution >= 0.6 is 0 Å². The number of halogens is 3. The van der Waals surface area contributed by atoms with Crippen LogP contribution in [0.1, 0.15) is 31.8 Å². The van der Waals surface area contributed by atoms with Gasteiger partial charge < -0.3 is 23.8 Å². The van der Waals surface area contributed by atoms with Gasteiger partial charge in [0, 0.05) is 30.3 Å². The zero-order chi connectivity index (χ0) is 23.5. The molecule has 32 heavy (non-hydrogen) atoms. The molecule has 0 fully saturated rings. The lowest BCUT2D eigenvalue weighted by atomic mass is 9.95. The quantitative estimate of drug-likeness (QED) is 0.596. The van der Waals surface area contributed by atoms with Gasteiger partial charge in [-0.05, 0) is 36.2 Å². The minimum Gasteiger partial charge on any atom is -0.497 e. The fourth-order valence-electron chi connectivity index (χ4n) is 3.47. The number of amides is 1. The molecule has 2 aromatic rings. The highest BCUT2D eigenvalue weighted by molar-refractivity contribution is 6.01. The molecule has 0 saturated heterocycles. The largest absolute Gasteiger partial charge is 0.497 e. The first-order valence-corrected chi connectivity index (χ1v) is 9.61. The zero-order valence-corrected chi connectivity index (χ0v) is 17.7. The van der Waals surface area contributed by atoms with E-state index in [1.54, 1.807) is 18.2 Å². The molecule has 2 aromatic carbocycles. The molecule has 0 atom stereocenters. The zero-order valence-electron chi connectivity index (χ0n) is 17.7. The summed E-state index contributed by atoms with van der Waals surface area (Å²) in [5.74, 6) is -0.265. The number of carbonyl (C=O) groups is 2. The molecule has 0 bridgehead atoms. The summed E-state index contributed by atoms with van der Waals surface area (Å²) in [6.45, 7) is -1.07. The fraction of sp³-hybridized carbons (Fsp3) is 0.364. The third-order valence-corrected chi connectivity index (χ3v) is 4.96. The Kier molecular flexibility index (Phi) is 6.81. The number of nitrogens with zero attached hydrogens (tertiary/aromatic N) is 1. The minimum absolute atomic E-state index is 0.0679. The van der Waals surface area contributed by atoms with Gasteiger partial charge in [0.15, 0.2) is 6.61 Å². The summed E-state index contributed by atoms with van der Waals surface area (Å²) < 4.78 is 58.2. The Bertz CT molecular complexity index is 999. The highest BCUT2D eigenvalue weighted by Crippen LogP contribution is 2.33. The van der Waals surface area contributed by atoms with E-state index >= 15 is 0 Å². The summed E-state index contributed by atoms with van der Waals surface area (Å²) in [7, 11) is 4.16. The normalized spacial score (nSPS) is 13.4. The molecule has 0 aliphatic carbocycles. The maximum atomic E-state index is 13.2. The van der Waals surface area contributed by atoms with Crippen LogP contribution in [0.25, 0.3) is 0 Å². The summed E-state index contributed by atoms with van der Waals surface area (Å²) in [5.41, 5.74) is 1.11. The number of hydrogen-bond donors (Lipinski definition) is 0. The first kappa shape index (κ1) is 23.2. The van der Waals surface area contributed by atoms with Crippen LogP contribution < -0.4 is 14.2 Å². The smallest absolute Gasteiger partial charge is 0.422 e. The van der Waals surface area contributed by atoms with Crippen LogP contribution in [0.15, 0.2) is 30.3 Å². The van der Waals surface area contributed by atoms with E-state index in [-0.39, 0.29) is 36.4 Å². The summed E-state index contributed by atoms with van der Waals surface area (Å²) >= 11 is 0. The molecule has 172 valence electrons. The van der Waals surface area contributed by atoms with Gasteiger partial charge in [-0.1, -0.05) is 0 Å². The Morgan fingerprint density at radius 3 is 2.25 bits per heavy atom. The summed E-state index contributed by atoms with van der Waals surface area (Å²) in [6, 6.07) is 7.71. The molecule has 0 unspecified atom stereocenters. The Morgan fingerprint density at radius 1 is 1.03 bits per heavy atom. The number of hydrogen-bond acceptors (Lipinski definition) is 6. The molecule has 0 spiro atoms. The van der Waals surface area contributed by atoms with Gasteiger partial charge in [0.05, 0.1) is 26.9 Å². The van der Waals surface area contributed by atoms with E-state index in [2.05, 4.69) is 4.74 Å². The Balaban J connectivity index is 1.94. The van der Waals surface area contributed by atoms with Gasteiger partial charge in [0.2, 0.25) is 0 Å². The summed E-state index contributed by atoms with van der Waals surface area (Å²) in [5, 5.41) is 0. The average Bonchev–Trinajstić information content (AvgIpc) is 2.77. The first-order valence-electron chi connectivity index (χ1n) is 9.61. The van der Waals surface area contributed by atoms with E-state index in [1.807, 2.05) is 0 Å². The molecule has 7 nitrogen and oxygen atoms in total. The molecule has 0 radical (unpaired) electrons. The number of alkyl halides is 3. The fourth-order valence-corrected chi connectivity index (χ4v) is 3.47. The van der Waals surface area contributed by atoms with Crippen molar-refractivity contribution in [3.05, 3.63) is 52.6 Å². The Hall–Kier alpha value is -3.43. The molecule has 1 heterocycles. The number of esters is 1. The third-order valence-electron chi connectivity index (χ3n) is 4.96. The molecule has 0 aromatic heterocycles. The second-order valence-corrected chi connectivity index (χ2v) is 7.09. The van der Waals surface area contributed by atoms with Crippen LogP contribution in [0.3, 0.4) is 0 Å². The number of fused-ring (bicyclic) bond motifs is 1. The monoisotopic (exact) mass is 453 g/mol. The van der Waals surface area contributed by atoms with E-state index in [4.69, 9.17) is 14.2 Å². The number of ether oxygens (including phenoxy) is 4. The van der Waals surface area contributed by atoms with Crippen molar-refractivity contribution in [2.75, 3.05) is 34.5 Å². The number of rotatable bonds is 7. The van der Waals surface area contributed by atoms with E-state index < -0.39 is 24.7 Å². The number of carbonyl (C=O) groups excluding carboxylic acids is 2. The van der Waals surface area contributed by atoms with Crippen molar-refractivity contribution in [1.82, 2.24) is 4.90 Å². The number of methoxy groups -OCH3 is 3. The molecule has 3 rings (SSSR count). The van der Waals surface area contributed by atoms with Crippen LogP contribution in [-0.4, -0.2) is 57.4 Å². The molecular weight excluding hydrogens is 431 g/mol. The molecule has 1 aliphatic heterocycles. The minimum atomic E-state index is -4.57. The van der Waals surface area contributed by atoms with Gasteiger partial charge >= 0.3 is 12.1 Å².